The molecule has 0 saturated carbocycles. The van der Waals surface area contributed by atoms with Crippen LogP contribution in [0.15, 0.2) is 54.9 Å². The van der Waals surface area contributed by atoms with E-state index in [2.05, 4.69) is 34.6 Å². The molecule has 0 radical (unpaired) electrons. The average Bonchev–Trinajstić information content (AvgIpc) is 2.54. The van der Waals surface area contributed by atoms with E-state index in [1.54, 1.807) is 6.20 Å². The van der Waals surface area contributed by atoms with Crippen molar-refractivity contribution < 1.29 is 0 Å². The van der Waals surface area contributed by atoms with Crippen molar-refractivity contribution in [3.05, 3.63) is 71.5 Å². The third-order valence-corrected chi connectivity index (χ3v) is 3.55. The molecule has 0 spiro atoms. The fourth-order valence-corrected chi connectivity index (χ4v) is 2.32. The van der Waals surface area contributed by atoms with Crippen molar-refractivity contribution in [2.24, 2.45) is 0 Å². The number of hydrogen-bond donors (Lipinski definition) is 1. The van der Waals surface area contributed by atoms with E-state index in [9.17, 15) is 0 Å². The van der Waals surface area contributed by atoms with Crippen LogP contribution in [0.3, 0.4) is 0 Å². The molecule has 1 heterocycles. The second kappa shape index (κ2) is 5.64. The number of aryl methyl sites for hydroxylation is 1. The summed E-state index contributed by atoms with van der Waals surface area (Å²) in [5.41, 5.74) is 4.02. The van der Waals surface area contributed by atoms with Gasteiger partial charge in [0, 0.05) is 30.0 Å². The topological polar surface area (TPSA) is 48.7 Å². The lowest BCUT2D eigenvalue weighted by Gasteiger charge is -2.10. The van der Waals surface area contributed by atoms with Crippen molar-refractivity contribution in [3.8, 4) is 6.07 Å². The van der Waals surface area contributed by atoms with Crippen molar-refractivity contribution in [3.63, 3.8) is 0 Å². The predicted molar refractivity (Wildman–Crippen MR) is 85.0 cm³/mol. The van der Waals surface area contributed by atoms with Gasteiger partial charge in [-0.3, -0.25) is 4.98 Å². The van der Waals surface area contributed by atoms with Gasteiger partial charge in [0.15, 0.2) is 0 Å². The minimum atomic E-state index is 0.674. The van der Waals surface area contributed by atoms with Gasteiger partial charge in [-0.2, -0.15) is 5.26 Å². The number of pyridine rings is 1. The van der Waals surface area contributed by atoms with Gasteiger partial charge in [-0.1, -0.05) is 18.2 Å². The van der Waals surface area contributed by atoms with Crippen molar-refractivity contribution in [2.45, 2.75) is 13.5 Å². The van der Waals surface area contributed by atoms with Gasteiger partial charge >= 0.3 is 0 Å². The summed E-state index contributed by atoms with van der Waals surface area (Å²) >= 11 is 0. The summed E-state index contributed by atoms with van der Waals surface area (Å²) in [6, 6.07) is 16.2. The van der Waals surface area contributed by atoms with Crippen molar-refractivity contribution in [1.29, 1.82) is 5.26 Å². The lowest BCUT2D eigenvalue weighted by molar-refractivity contribution is 1.14. The van der Waals surface area contributed by atoms with Gasteiger partial charge in [0.25, 0.3) is 0 Å². The lowest BCUT2D eigenvalue weighted by atomic mass is 10.1. The van der Waals surface area contributed by atoms with Gasteiger partial charge in [-0.05, 0) is 47.7 Å². The predicted octanol–water partition coefficient (Wildman–Crippen LogP) is 4.03. The second-order valence-corrected chi connectivity index (χ2v) is 5.05. The molecule has 0 unspecified atom stereocenters. The van der Waals surface area contributed by atoms with E-state index in [-0.39, 0.29) is 0 Å². The van der Waals surface area contributed by atoms with Gasteiger partial charge in [-0.15, -0.1) is 0 Å². The van der Waals surface area contributed by atoms with Gasteiger partial charge in [-0.25, -0.2) is 0 Å². The quantitative estimate of drug-likeness (QED) is 0.783. The van der Waals surface area contributed by atoms with Crippen LogP contribution >= 0.6 is 0 Å². The number of rotatable bonds is 3. The molecule has 0 saturated heterocycles. The van der Waals surface area contributed by atoms with E-state index in [1.165, 1.54) is 10.9 Å². The van der Waals surface area contributed by atoms with E-state index < -0.39 is 0 Å². The fraction of sp³-hybridized carbons (Fsp3) is 0.111. The fourth-order valence-electron chi connectivity index (χ4n) is 2.32. The number of nitrogens with zero attached hydrogens (tertiary/aromatic N) is 2. The Hall–Kier alpha value is -2.86. The van der Waals surface area contributed by atoms with Crippen LogP contribution in [-0.2, 0) is 6.54 Å². The number of fused-ring (bicyclic) bond motifs is 1. The van der Waals surface area contributed by atoms with Crippen LogP contribution in [0.25, 0.3) is 10.8 Å². The summed E-state index contributed by atoms with van der Waals surface area (Å²) in [5, 5.41) is 14.7. The molecule has 0 aliphatic carbocycles. The normalized spacial score (nSPS) is 10.3. The highest BCUT2D eigenvalue weighted by molar-refractivity contribution is 5.82. The van der Waals surface area contributed by atoms with E-state index in [1.807, 2.05) is 37.4 Å². The first kappa shape index (κ1) is 13.1. The molecule has 0 fully saturated rings. The summed E-state index contributed by atoms with van der Waals surface area (Å²) < 4.78 is 0. The number of nitriles is 1. The maximum absolute atomic E-state index is 8.97. The van der Waals surface area contributed by atoms with Gasteiger partial charge in [0.2, 0.25) is 0 Å². The second-order valence-electron chi connectivity index (χ2n) is 5.05. The van der Waals surface area contributed by atoms with Gasteiger partial charge in [0.1, 0.15) is 0 Å². The molecule has 1 N–H and O–H groups in total. The number of nitrogens with one attached hydrogen (secondary N) is 1. The monoisotopic (exact) mass is 273 g/mol. The van der Waals surface area contributed by atoms with E-state index in [0.29, 0.717) is 5.56 Å². The summed E-state index contributed by atoms with van der Waals surface area (Å²) in [7, 11) is 0. The zero-order valence-electron chi connectivity index (χ0n) is 11.8. The first-order valence-corrected chi connectivity index (χ1v) is 6.83. The first-order chi connectivity index (χ1) is 10.3. The largest absolute Gasteiger partial charge is 0.381 e. The molecular formula is C18H15N3. The number of anilines is 1. The highest BCUT2D eigenvalue weighted by atomic mass is 14.9. The van der Waals surface area contributed by atoms with Crippen molar-refractivity contribution in [2.75, 3.05) is 5.32 Å². The molecule has 21 heavy (non-hydrogen) atoms. The molecule has 3 nitrogen and oxygen atoms in total. The molecule has 102 valence electrons. The van der Waals surface area contributed by atoms with Gasteiger partial charge < -0.3 is 5.32 Å². The number of aromatic nitrogens is 1. The van der Waals surface area contributed by atoms with Crippen LogP contribution in [0, 0.1) is 18.3 Å². The molecule has 0 aliphatic rings. The summed E-state index contributed by atoms with van der Waals surface area (Å²) in [6.45, 7) is 2.77. The molecule has 0 atom stereocenters. The van der Waals surface area contributed by atoms with Crippen LogP contribution in [0.1, 0.15) is 16.7 Å². The minimum Gasteiger partial charge on any atom is -0.381 e. The van der Waals surface area contributed by atoms with Crippen molar-refractivity contribution in [1.82, 2.24) is 4.98 Å². The van der Waals surface area contributed by atoms with Crippen LogP contribution < -0.4 is 5.32 Å². The summed E-state index contributed by atoms with van der Waals surface area (Å²) in [4.78, 5) is 4.12. The Morgan fingerprint density at radius 3 is 2.86 bits per heavy atom. The first-order valence-electron chi connectivity index (χ1n) is 6.83. The minimum absolute atomic E-state index is 0.674. The molecule has 0 amide bonds. The number of benzene rings is 2. The maximum Gasteiger partial charge on any atom is 0.0992 e. The molecule has 0 bridgehead atoms. The molecule has 2 aromatic carbocycles. The Labute approximate surface area is 123 Å². The Balaban J connectivity index is 1.82. The Morgan fingerprint density at radius 1 is 1.10 bits per heavy atom. The highest BCUT2D eigenvalue weighted by Gasteiger charge is 2.01. The van der Waals surface area contributed by atoms with Crippen LogP contribution in [0.4, 0.5) is 5.69 Å². The lowest BCUT2D eigenvalue weighted by Crippen LogP contribution is -2.01. The Morgan fingerprint density at radius 2 is 2.00 bits per heavy atom. The molecule has 3 rings (SSSR count). The molecular weight excluding hydrogens is 258 g/mol. The third kappa shape index (κ3) is 2.85. The third-order valence-electron chi connectivity index (χ3n) is 3.55. The zero-order chi connectivity index (χ0) is 14.7. The van der Waals surface area contributed by atoms with Crippen LogP contribution in [0.2, 0.25) is 0 Å². The average molecular weight is 273 g/mol. The van der Waals surface area contributed by atoms with Crippen molar-refractivity contribution >= 4 is 16.5 Å². The Bertz CT molecular complexity index is 831. The standard InChI is InChI=1S/C18H15N3/c1-13-2-3-14(10-19)9-18(13)21-11-15-4-5-17-12-20-7-6-16(17)8-15/h2-9,12,21H,11H2,1H3. The van der Waals surface area contributed by atoms with E-state index in [4.69, 9.17) is 5.26 Å². The maximum atomic E-state index is 8.97. The molecule has 3 heteroatoms. The van der Waals surface area contributed by atoms with E-state index in [0.717, 1.165) is 23.2 Å². The Kier molecular flexibility index (Phi) is 3.53. The zero-order valence-corrected chi connectivity index (χ0v) is 11.8. The van der Waals surface area contributed by atoms with Crippen LogP contribution in [0.5, 0.6) is 0 Å². The summed E-state index contributed by atoms with van der Waals surface area (Å²) in [5.74, 6) is 0. The van der Waals surface area contributed by atoms with Gasteiger partial charge in [0.05, 0.1) is 11.6 Å². The van der Waals surface area contributed by atoms with Crippen LogP contribution in [-0.4, -0.2) is 4.98 Å². The van der Waals surface area contributed by atoms with E-state index >= 15 is 0 Å². The molecule has 0 aliphatic heterocycles. The number of hydrogen-bond acceptors (Lipinski definition) is 3. The highest BCUT2D eigenvalue weighted by Crippen LogP contribution is 2.19. The SMILES string of the molecule is Cc1ccc(C#N)cc1NCc1ccc2cnccc2c1. The summed E-state index contributed by atoms with van der Waals surface area (Å²) in [6.07, 6.45) is 3.67. The smallest absolute Gasteiger partial charge is 0.0992 e. The molecule has 1 aromatic heterocycles. The molecule has 3 aromatic rings.